The van der Waals surface area contributed by atoms with E-state index in [2.05, 4.69) is 0 Å². The van der Waals surface area contributed by atoms with E-state index in [4.69, 9.17) is 16.0 Å². The number of hydrogen-bond acceptors (Lipinski definition) is 2. The lowest BCUT2D eigenvalue weighted by atomic mass is 10.1. The second kappa shape index (κ2) is 4.52. The molecule has 1 aromatic heterocycles. The Hall–Kier alpha value is -2.13. The van der Waals surface area contributed by atoms with E-state index in [-0.39, 0.29) is 11.2 Å². The van der Waals surface area contributed by atoms with Crippen LogP contribution in [0.5, 0.6) is 0 Å². The highest BCUT2D eigenvalue weighted by molar-refractivity contribution is 6.31. The molecule has 0 bridgehead atoms. The molecule has 94 valence electrons. The molecule has 2 aromatic carbocycles. The molecule has 2 nitrogen and oxygen atoms in total. The zero-order chi connectivity index (χ0) is 13.4. The fourth-order valence-electron chi connectivity index (χ4n) is 1.91. The molecule has 0 spiro atoms. The maximum absolute atomic E-state index is 13.2. The van der Waals surface area contributed by atoms with Crippen LogP contribution < -0.4 is 5.43 Å². The molecule has 0 amide bonds. The first-order valence-electron chi connectivity index (χ1n) is 5.63. The Balaban J connectivity index is 2.28. The van der Waals surface area contributed by atoms with Gasteiger partial charge >= 0.3 is 0 Å². The lowest BCUT2D eigenvalue weighted by molar-refractivity contribution is 0.611. The smallest absolute Gasteiger partial charge is 0.193 e. The molecule has 0 saturated carbocycles. The van der Waals surface area contributed by atoms with Crippen LogP contribution in [0.3, 0.4) is 0 Å². The third kappa shape index (κ3) is 2.25. The fourth-order valence-corrected chi connectivity index (χ4v) is 2.08. The zero-order valence-corrected chi connectivity index (χ0v) is 10.4. The van der Waals surface area contributed by atoms with E-state index >= 15 is 0 Å². The molecule has 0 atom stereocenters. The average Bonchev–Trinajstić information content (AvgIpc) is 2.38. The number of rotatable bonds is 1. The van der Waals surface area contributed by atoms with Gasteiger partial charge in [-0.25, -0.2) is 4.39 Å². The molecule has 0 fully saturated rings. The van der Waals surface area contributed by atoms with E-state index in [1.54, 1.807) is 30.3 Å². The topological polar surface area (TPSA) is 30.2 Å². The number of benzene rings is 2. The Morgan fingerprint density at radius 1 is 1.05 bits per heavy atom. The summed E-state index contributed by atoms with van der Waals surface area (Å²) >= 11 is 5.87. The van der Waals surface area contributed by atoms with Crippen molar-refractivity contribution >= 4 is 22.6 Å². The van der Waals surface area contributed by atoms with Crippen LogP contribution in [-0.4, -0.2) is 0 Å². The summed E-state index contributed by atoms with van der Waals surface area (Å²) in [5.74, 6) is -0.0643. The Labute approximate surface area is 113 Å². The van der Waals surface area contributed by atoms with Gasteiger partial charge in [-0.1, -0.05) is 23.7 Å². The molecule has 0 radical (unpaired) electrons. The number of hydrogen-bond donors (Lipinski definition) is 0. The fraction of sp³-hybridized carbons (Fsp3) is 0. The van der Waals surface area contributed by atoms with Gasteiger partial charge in [0.25, 0.3) is 0 Å². The highest BCUT2D eigenvalue weighted by Crippen LogP contribution is 2.24. The van der Waals surface area contributed by atoms with Crippen LogP contribution in [-0.2, 0) is 0 Å². The van der Waals surface area contributed by atoms with Gasteiger partial charge in [0.15, 0.2) is 5.43 Å². The lowest BCUT2D eigenvalue weighted by Gasteiger charge is -2.03. The van der Waals surface area contributed by atoms with Crippen LogP contribution in [0.4, 0.5) is 4.39 Å². The van der Waals surface area contributed by atoms with E-state index in [1.165, 1.54) is 18.2 Å². The highest BCUT2D eigenvalue weighted by Gasteiger charge is 2.08. The second-order valence-electron chi connectivity index (χ2n) is 4.13. The van der Waals surface area contributed by atoms with Gasteiger partial charge in [-0.3, -0.25) is 4.79 Å². The van der Waals surface area contributed by atoms with E-state index in [0.717, 1.165) is 0 Å². The molecule has 0 saturated heterocycles. The van der Waals surface area contributed by atoms with E-state index in [1.807, 2.05) is 0 Å². The third-order valence-corrected chi connectivity index (χ3v) is 3.04. The van der Waals surface area contributed by atoms with Crippen LogP contribution in [0.15, 0.2) is 57.7 Å². The van der Waals surface area contributed by atoms with Crippen LogP contribution in [0.2, 0.25) is 5.02 Å². The molecule has 0 aliphatic carbocycles. The molecule has 4 heteroatoms. The van der Waals surface area contributed by atoms with Crippen molar-refractivity contribution in [3.05, 3.63) is 69.6 Å². The SMILES string of the molecule is O=c1cc(-c2cccc(F)c2)oc2cc(Cl)ccc12. The maximum atomic E-state index is 13.2. The van der Waals surface area contributed by atoms with Gasteiger partial charge < -0.3 is 4.42 Å². The van der Waals surface area contributed by atoms with Crippen LogP contribution in [0.25, 0.3) is 22.3 Å². The summed E-state index contributed by atoms with van der Waals surface area (Å²) in [7, 11) is 0. The molecule has 3 aromatic rings. The van der Waals surface area contributed by atoms with Gasteiger partial charge in [0.05, 0.1) is 5.39 Å². The van der Waals surface area contributed by atoms with Crippen LogP contribution in [0.1, 0.15) is 0 Å². The quantitative estimate of drug-likeness (QED) is 0.664. The van der Waals surface area contributed by atoms with Crippen molar-refractivity contribution in [2.45, 2.75) is 0 Å². The van der Waals surface area contributed by atoms with Gasteiger partial charge in [-0.2, -0.15) is 0 Å². The first-order valence-corrected chi connectivity index (χ1v) is 6.01. The Bertz CT molecular complexity index is 824. The van der Waals surface area contributed by atoms with Crippen LogP contribution in [0, 0.1) is 5.82 Å². The first kappa shape index (κ1) is 11.9. The number of fused-ring (bicyclic) bond motifs is 1. The molecule has 19 heavy (non-hydrogen) atoms. The van der Waals surface area contributed by atoms with Crippen molar-refractivity contribution in [3.8, 4) is 11.3 Å². The Kier molecular flexibility index (Phi) is 2.84. The van der Waals surface area contributed by atoms with Crippen molar-refractivity contribution in [2.75, 3.05) is 0 Å². The zero-order valence-electron chi connectivity index (χ0n) is 9.69. The van der Waals surface area contributed by atoms with Crippen molar-refractivity contribution in [2.24, 2.45) is 0 Å². The maximum Gasteiger partial charge on any atom is 0.193 e. The van der Waals surface area contributed by atoms with E-state index in [0.29, 0.717) is 27.3 Å². The monoisotopic (exact) mass is 274 g/mol. The summed E-state index contributed by atoms with van der Waals surface area (Å²) in [6.07, 6.45) is 0. The summed E-state index contributed by atoms with van der Waals surface area (Å²) in [6, 6.07) is 12.0. The first-order chi connectivity index (χ1) is 9.13. The largest absolute Gasteiger partial charge is 0.456 e. The molecular formula is C15H8ClFO2. The van der Waals surface area contributed by atoms with E-state index < -0.39 is 0 Å². The molecular weight excluding hydrogens is 267 g/mol. The third-order valence-electron chi connectivity index (χ3n) is 2.80. The standard InChI is InChI=1S/C15H8ClFO2/c16-10-4-5-12-13(18)8-14(19-15(12)7-10)9-2-1-3-11(17)6-9/h1-8H. The summed E-state index contributed by atoms with van der Waals surface area (Å²) in [5, 5.41) is 0.927. The lowest BCUT2D eigenvalue weighted by Crippen LogP contribution is -2.00. The molecule has 1 heterocycles. The van der Waals surface area contributed by atoms with Crippen molar-refractivity contribution in [1.82, 2.24) is 0 Å². The number of halogens is 2. The van der Waals surface area contributed by atoms with Crippen molar-refractivity contribution < 1.29 is 8.81 Å². The summed E-state index contributed by atoms with van der Waals surface area (Å²) in [4.78, 5) is 12.0. The Morgan fingerprint density at radius 3 is 2.68 bits per heavy atom. The molecule has 0 N–H and O–H groups in total. The minimum Gasteiger partial charge on any atom is -0.456 e. The predicted molar refractivity (Wildman–Crippen MR) is 72.9 cm³/mol. The molecule has 3 rings (SSSR count). The molecule has 0 aliphatic heterocycles. The van der Waals surface area contributed by atoms with E-state index in [9.17, 15) is 9.18 Å². The summed E-state index contributed by atoms with van der Waals surface area (Å²) < 4.78 is 18.8. The molecule has 0 unspecified atom stereocenters. The van der Waals surface area contributed by atoms with Crippen molar-refractivity contribution in [1.29, 1.82) is 0 Å². The normalized spacial score (nSPS) is 10.8. The van der Waals surface area contributed by atoms with Crippen LogP contribution >= 0.6 is 11.6 Å². The van der Waals surface area contributed by atoms with Gasteiger partial charge in [0.1, 0.15) is 17.2 Å². The molecule has 0 aliphatic rings. The Morgan fingerprint density at radius 2 is 1.89 bits per heavy atom. The second-order valence-corrected chi connectivity index (χ2v) is 4.56. The van der Waals surface area contributed by atoms with Gasteiger partial charge in [0, 0.05) is 22.7 Å². The highest BCUT2D eigenvalue weighted by atomic mass is 35.5. The van der Waals surface area contributed by atoms with Gasteiger partial charge in [-0.15, -0.1) is 0 Å². The van der Waals surface area contributed by atoms with Crippen molar-refractivity contribution in [3.63, 3.8) is 0 Å². The predicted octanol–water partition coefficient (Wildman–Crippen LogP) is 4.25. The summed E-state index contributed by atoms with van der Waals surface area (Å²) in [6.45, 7) is 0. The summed E-state index contributed by atoms with van der Waals surface area (Å²) in [5.41, 5.74) is 0.718. The minimum atomic E-state index is -0.383. The average molecular weight is 275 g/mol. The van der Waals surface area contributed by atoms with Gasteiger partial charge in [0.2, 0.25) is 0 Å². The van der Waals surface area contributed by atoms with Gasteiger partial charge in [-0.05, 0) is 24.3 Å². The minimum absolute atomic E-state index is 0.183.